The van der Waals surface area contributed by atoms with Crippen LogP contribution in [-0.2, 0) is 4.79 Å². The molecule has 25 heavy (non-hydrogen) atoms. The molecule has 5 nitrogen and oxygen atoms in total. The molecule has 0 amide bonds. The third kappa shape index (κ3) is 2.67. The summed E-state index contributed by atoms with van der Waals surface area (Å²) < 4.78 is 1.78. The van der Waals surface area contributed by atoms with Crippen molar-refractivity contribution in [3.63, 3.8) is 0 Å². The lowest BCUT2D eigenvalue weighted by molar-refractivity contribution is -0.110. The van der Waals surface area contributed by atoms with Crippen LogP contribution in [0.25, 0.3) is 23.0 Å². The fourth-order valence-electron chi connectivity index (χ4n) is 2.83. The molecule has 0 saturated carbocycles. The molecular weight excluding hydrogens is 312 g/mol. The Morgan fingerprint density at radius 3 is 2.68 bits per heavy atom. The van der Waals surface area contributed by atoms with Crippen molar-refractivity contribution < 1.29 is 4.79 Å². The summed E-state index contributed by atoms with van der Waals surface area (Å²) in [5.74, 6) is -0.00949. The number of aromatic nitrogens is 4. The number of rotatable bonds is 2. The molecule has 0 spiro atoms. The fraction of sp³-hybridized carbons (Fsp3) is 0.100. The number of carbonyl (C=O) groups is 1. The Balaban J connectivity index is 1.94. The van der Waals surface area contributed by atoms with E-state index in [1.54, 1.807) is 23.0 Å². The summed E-state index contributed by atoms with van der Waals surface area (Å²) in [6.45, 7) is 4.09. The van der Waals surface area contributed by atoms with Gasteiger partial charge in [-0.1, -0.05) is 6.07 Å². The van der Waals surface area contributed by atoms with E-state index in [0.29, 0.717) is 0 Å². The first-order valence-electron chi connectivity index (χ1n) is 7.99. The SMILES string of the molecule is Cc1[nH]n2nc(-c3ccccn3)c(C=C=C3C=CC(=O)C=C3)c2c1C. The van der Waals surface area contributed by atoms with Gasteiger partial charge in [0.1, 0.15) is 5.69 Å². The summed E-state index contributed by atoms with van der Waals surface area (Å²) >= 11 is 0. The quantitative estimate of drug-likeness (QED) is 0.731. The molecule has 0 radical (unpaired) electrons. The number of nitrogens with zero attached hydrogens (tertiary/aromatic N) is 3. The molecule has 0 atom stereocenters. The van der Waals surface area contributed by atoms with Gasteiger partial charge < -0.3 is 0 Å². The number of ketones is 1. The van der Waals surface area contributed by atoms with Crippen LogP contribution >= 0.6 is 0 Å². The Morgan fingerprint density at radius 2 is 1.96 bits per heavy atom. The average molecular weight is 328 g/mol. The van der Waals surface area contributed by atoms with E-state index in [4.69, 9.17) is 0 Å². The Morgan fingerprint density at radius 1 is 1.16 bits per heavy atom. The third-order valence-electron chi connectivity index (χ3n) is 4.26. The van der Waals surface area contributed by atoms with E-state index in [0.717, 1.165) is 39.3 Å². The minimum absolute atomic E-state index is 0.00949. The molecule has 0 unspecified atom stereocenters. The van der Waals surface area contributed by atoms with Crippen molar-refractivity contribution >= 4 is 17.4 Å². The Hall–Kier alpha value is -3.43. The lowest BCUT2D eigenvalue weighted by Gasteiger charge is -1.98. The lowest BCUT2D eigenvalue weighted by Crippen LogP contribution is -1.90. The molecule has 1 aliphatic rings. The number of nitrogens with one attached hydrogen (secondary N) is 1. The molecule has 4 rings (SSSR count). The van der Waals surface area contributed by atoms with Crippen LogP contribution in [0, 0.1) is 13.8 Å². The van der Waals surface area contributed by atoms with Gasteiger partial charge in [0.25, 0.3) is 0 Å². The second-order valence-corrected chi connectivity index (χ2v) is 5.91. The maximum Gasteiger partial charge on any atom is 0.178 e. The van der Waals surface area contributed by atoms with Gasteiger partial charge in [0, 0.05) is 23.0 Å². The number of aryl methyl sites for hydroxylation is 2. The van der Waals surface area contributed by atoms with Crippen molar-refractivity contribution in [2.75, 3.05) is 0 Å². The van der Waals surface area contributed by atoms with E-state index in [9.17, 15) is 4.79 Å². The van der Waals surface area contributed by atoms with Gasteiger partial charge in [0.15, 0.2) is 5.78 Å². The Labute approximate surface area is 144 Å². The van der Waals surface area contributed by atoms with E-state index in [2.05, 4.69) is 27.8 Å². The molecule has 3 heterocycles. The van der Waals surface area contributed by atoms with Crippen molar-refractivity contribution in [2.24, 2.45) is 0 Å². The highest BCUT2D eigenvalue weighted by Crippen LogP contribution is 2.29. The maximum atomic E-state index is 11.3. The number of carbonyl (C=O) groups excluding carboxylic acids is 1. The molecular formula is C20H16N4O. The first-order chi connectivity index (χ1) is 12.1. The lowest BCUT2D eigenvalue weighted by atomic mass is 10.1. The first-order valence-corrected chi connectivity index (χ1v) is 7.99. The van der Waals surface area contributed by atoms with Crippen molar-refractivity contribution in [1.82, 2.24) is 19.8 Å². The van der Waals surface area contributed by atoms with Crippen LogP contribution in [0.5, 0.6) is 0 Å². The standard InChI is InChI=1S/C20H16N4O/c1-13-14(2)22-24-20(13)17(11-8-15-6-9-16(25)10-7-15)19(23-24)18-5-3-4-12-21-18/h3-7,9-12,22H,1-2H3. The summed E-state index contributed by atoms with van der Waals surface area (Å²) in [6, 6.07) is 5.76. The molecule has 1 aliphatic carbocycles. The number of pyridine rings is 1. The number of H-pyrrole nitrogens is 1. The zero-order valence-corrected chi connectivity index (χ0v) is 13.9. The molecule has 0 bridgehead atoms. The Kier molecular flexibility index (Phi) is 3.56. The van der Waals surface area contributed by atoms with Crippen molar-refractivity contribution in [1.29, 1.82) is 0 Å². The van der Waals surface area contributed by atoms with E-state index in [1.165, 1.54) is 12.2 Å². The number of fused-ring (bicyclic) bond motifs is 1. The second-order valence-electron chi connectivity index (χ2n) is 5.91. The molecule has 122 valence electrons. The summed E-state index contributed by atoms with van der Waals surface area (Å²) in [7, 11) is 0. The van der Waals surface area contributed by atoms with Gasteiger partial charge >= 0.3 is 0 Å². The molecule has 0 saturated heterocycles. The summed E-state index contributed by atoms with van der Waals surface area (Å²) in [5.41, 5.74) is 9.86. The molecule has 1 N–H and O–H groups in total. The maximum absolute atomic E-state index is 11.3. The van der Waals surface area contributed by atoms with Gasteiger partial charge in [0.2, 0.25) is 0 Å². The van der Waals surface area contributed by atoms with E-state index in [1.807, 2.05) is 31.2 Å². The minimum Gasteiger partial charge on any atom is -0.290 e. The highest BCUT2D eigenvalue weighted by atomic mass is 16.1. The van der Waals surface area contributed by atoms with Gasteiger partial charge in [-0.05, 0) is 61.9 Å². The predicted molar refractivity (Wildman–Crippen MR) is 97.0 cm³/mol. The van der Waals surface area contributed by atoms with Gasteiger partial charge in [0.05, 0.1) is 11.2 Å². The van der Waals surface area contributed by atoms with Crippen LogP contribution in [0.2, 0.25) is 0 Å². The molecule has 0 aromatic carbocycles. The molecule has 5 heteroatoms. The van der Waals surface area contributed by atoms with Crippen LogP contribution in [-0.4, -0.2) is 25.6 Å². The van der Waals surface area contributed by atoms with Crippen molar-refractivity contribution in [3.8, 4) is 11.4 Å². The third-order valence-corrected chi connectivity index (χ3v) is 4.26. The summed E-state index contributed by atoms with van der Waals surface area (Å²) in [4.78, 5) is 15.7. The van der Waals surface area contributed by atoms with Crippen LogP contribution in [0.1, 0.15) is 16.8 Å². The highest BCUT2D eigenvalue weighted by molar-refractivity contribution is 6.01. The highest BCUT2D eigenvalue weighted by Gasteiger charge is 2.17. The second kappa shape index (κ2) is 5.89. The van der Waals surface area contributed by atoms with Crippen molar-refractivity contribution in [3.05, 3.63) is 76.8 Å². The molecule has 0 aliphatic heterocycles. The van der Waals surface area contributed by atoms with Crippen LogP contribution in [0.3, 0.4) is 0 Å². The monoisotopic (exact) mass is 328 g/mol. The normalized spacial score (nSPS) is 13.5. The Bertz CT molecular complexity index is 1090. The van der Waals surface area contributed by atoms with Gasteiger partial charge in [-0.25, -0.2) is 0 Å². The smallest absolute Gasteiger partial charge is 0.178 e. The van der Waals surface area contributed by atoms with E-state index in [-0.39, 0.29) is 5.78 Å². The van der Waals surface area contributed by atoms with E-state index >= 15 is 0 Å². The number of hydrogen-bond donors (Lipinski definition) is 1. The van der Waals surface area contributed by atoms with Crippen LogP contribution < -0.4 is 0 Å². The number of allylic oxidation sites excluding steroid dienone is 5. The van der Waals surface area contributed by atoms with Crippen LogP contribution in [0.4, 0.5) is 0 Å². The zero-order valence-electron chi connectivity index (χ0n) is 13.9. The van der Waals surface area contributed by atoms with Gasteiger partial charge in [-0.3, -0.25) is 14.9 Å². The molecule has 3 aromatic rings. The average Bonchev–Trinajstić information content (AvgIpc) is 3.12. The van der Waals surface area contributed by atoms with E-state index < -0.39 is 0 Å². The number of hydrogen-bond acceptors (Lipinski definition) is 3. The fourth-order valence-corrected chi connectivity index (χ4v) is 2.83. The number of aromatic amines is 1. The summed E-state index contributed by atoms with van der Waals surface area (Å²) in [6.07, 6.45) is 10.3. The van der Waals surface area contributed by atoms with Crippen molar-refractivity contribution in [2.45, 2.75) is 13.8 Å². The zero-order chi connectivity index (χ0) is 17.4. The molecule has 0 fully saturated rings. The topological polar surface area (TPSA) is 63.1 Å². The summed E-state index contributed by atoms with van der Waals surface area (Å²) in [5, 5.41) is 7.92. The minimum atomic E-state index is -0.00949. The predicted octanol–water partition coefficient (Wildman–Crippen LogP) is 3.57. The van der Waals surface area contributed by atoms with Crippen LogP contribution in [0.15, 0.2) is 60.0 Å². The largest absolute Gasteiger partial charge is 0.290 e. The van der Waals surface area contributed by atoms with Gasteiger partial charge in [-0.2, -0.15) is 4.63 Å². The van der Waals surface area contributed by atoms with Gasteiger partial charge in [-0.15, -0.1) is 10.8 Å². The first kappa shape index (κ1) is 15.1. The molecule has 3 aromatic heterocycles.